The summed E-state index contributed by atoms with van der Waals surface area (Å²) < 4.78 is 0.993. The first-order valence-corrected chi connectivity index (χ1v) is 8.77. The summed E-state index contributed by atoms with van der Waals surface area (Å²) in [5, 5.41) is 4.49. The van der Waals surface area contributed by atoms with E-state index in [0.29, 0.717) is 6.54 Å². The number of H-pyrrole nitrogens is 1. The molecule has 0 aliphatic heterocycles. The lowest BCUT2D eigenvalue weighted by atomic mass is 10.1. The van der Waals surface area contributed by atoms with E-state index in [1.54, 1.807) is 18.6 Å². The molecule has 124 valence electrons. The van der Waals surface area contributed by atoms with Crippen LogP contribution in [0.15, 0.2) is 65.8 Å². The van der Waals surface area contributed by atoms with Gasteiger partial charge in [0.2, 0.25) is 0 Å². The van der Waals surface area contributed by atoms with Gasteiger partial charge in [0.05, 0.1) is 0 Å². The minimum atomic E-state index is 0.698. The van der Waals surface area contributed by atoms with Crippen molar-refractivity contribution in [2.24, 2.45) is 0 Å². The molecule has 5 nitrogen and oxygen atoms in total. The average Bonchev–Trinajstić information content (AvgIpc) is 3.05. The molecule has 0 spiro atoms. The molecule has 6 heteroatoms. The van der Waals surface area contributed by atoms with E-state index in [1.165, 1.54) is 11.1 Å². The highest BCUT2D eigenvalue weighted by Crippen LogP contribution is 2.20. The van der Waals surface area contributed by atoms with Gasteiger partial charge in [0, 0.05) is 53.8 Å². The molecular formula is C19H16BrN5. The van der Waals surface area contributed by atoms with E-state index in [9.17, 15) is 0 Å². The Morgan fingerprint density at radius 2 is 1.96 bits per heavy atom. The van der Waals surface area contributed by atoms with E-state index in [2.05, 4.69) is 53.3 Å². The van der Waals surface area contributed by atoms with E-state index in [0.717, 1.165) is 33.3 Å². The van der Waals surface area contributed by atoms with E-state index >= 15 is 0 Å². The lowest BCUT2D eigenvalue weighted by molar-refractivity contribution is 1.07. The number of fused-ring (bicyclic) bond motifs is 1. The first-order valence-electron chi connectivity index (χ1n) is 7.98. The minimum absolute atomic E-state index is 0.698. The smallest absolute Gasteiger partial charge is 0.137 e. The molecule has 4 heterocycles. The predicted octanol–water partition coefficient (Wildman–Crippen LogP) is 4.32. The van der Waals surface area contributed by atoms with Crippen LogP contribution in [0.2, 0.25) is 0 Å². The van der Waals surface area contributed by atoms with Crippen molar-refractivity contribution >= 4 is 32.8 Å². The van der Waals surface area contributed by atoms with Gasteiger partial charge in [0.1, 0.15) is 11.5 Å². The zero-order chi connectivity index (χ0) is 17.1. The van der Waals surface area contributed by atoms with Crippen LogP contribution >= 0.6 is 15.9 Å². The summed E-state index contributed by atoms with van der Waals surface area (Å²) in [7, 11) is 0. The molecule has 0 bridgehead atoms. The molecule has 4 rings (SSSR count). The van der Waals surface area contributed by atoms with Crippen molar-refractivity contribution in [1.82, 2.24) is 19.9 Å². The van der Waals surface area contributed by atoms with Crippen LogP contribution < -0.4 is 5.32 Å². The zero-order valence-electron chi connectivity index (χ0n) is 13.4. The normalized spacial score (nSPS) is 10.9. The number of pyridine rings is 3. The number of hydrogen-bond donors (Lipinski definition) is 2. The van der Waals surface area contributed by atoms with Crippen molar-refractivity contribution in [3.63, 3.8) is 0 Å². The third kappa shape index (κ3) is 3.53. The third-order valence-electron chi connectivity index (χ3n) is 4.07. The molecule has 0 unspecified atom stereocenters. The van der Waals surface area contributed by atoms with Crippen molar-refractivity contribution in [1.29, 1.82) is 0 Å². The summed E-state index contributed by atoms with van der Waals surface area (Å²) in [4.78, 5) is 16.1. The first-order chi connectivity index (χ1) is 12.3. The molecule has 0 saturated heterocycles. The number of anilines is 1. The quantitative estimate of drug-likeness (QED) is 0.529. The van der Waals surface area contributed by atoms with Gasteiger partial charge in [-0.05, 0) is 56.9 Å². The fourth-order valence-corrected chi connectivity index (χ4v) is 3.14. The van der Waals surface area contributed by atoms with Gasteiger partial charge in [-0.1, -0.05) is 6.07 Å². The maximum Gasteiger partial charge on any atom is 0.137 e. The van der Waals surface area contributed by atoms with Crippen LogP contribution in [-0.4, -0.2) is 19.9 Å². The molecule has 0 radical (unpaired) electrons. The van der Waals surface area contributed by atoms with Gasteiger partial charge in [-0.15, -0.1) is 0 Å². The zero-order valence-corrected chi connectivity index (χ0v) is 15.0. The molecular weight excluding hydrogens is 378 g/mol. The maximum absolute atomic E-state index is 4.52. The predicted molar refractivity (Wildman–Crippen MR) is 102 cm³/mol. The average molecular weight is 394 g/mol. The van der Waals surface area contributed by atoms with Crippen LogP contribution in [0, 0.1) is 0 Å². The van der Waals surface area contributed by atoms with Crippen LogP contribution in [0.25, 0.3) is 11.0 Å². The highest BCUT2D eigenvalue weighted by molar-refractivity contribution is 9.10. The van der Waals surface area contributed by atoms with Gasteiger partial charge >= 0.3 is 0 Å². The second-order valence-corrected chi connectivity index (χ2v) is 6.62. The fourth-order valence-electron chi connectivity index (χ4n) is 2.75. The Hall–Kier alpha value is -2.73. The van der Waals surface area contributed by atoms with Gasteiger partial charge in [0.15, 0.2) is 0 Å². The second kappa shape index (κ2) is 7.03. The van der Waals surface area contributed by atoms with Crippen LogP contribution in [0.1, 0.15) is 16.7 Å². The number of rotatable bonds is 5. The van der Waals surface area contributed by atoms with Crippen LogP contribution in [-0.2, 0) is 13.0 Å². The molecule has 0 fully saturated rings. The summed E-state index contributed by atoms with van der Waals surface area (Å²) in [6.07, 6.45) is 10.1. The van der Waals surface area contributed by atoms with Crippen molar-refractivity contribution in [2.45, 2.75) is 13.0 Å². The Labute approximate surface area is 153 Å². The fraction of sp³-hybridized carbons (Fsp3) is 0.105. The molecule has 0 aliphatic carbocycles. The number of hydrogen-bond acceptors (Lipinski definition) is 4. The lowest BCUT2D eigenvalue weighted by Crippen LogP contribution is -2.02. The van der Waals surface area contributed by atoms with Gasteiger partial charge in [-0.2, -0.15) is 0 Å². The summed E-state index contributed by atoms with van der Waals surface area (Å²) in [5.41, 5.74) is 4.46. The highest BCUT2D eigenvalue weighted by Gasteiger charge is 2.06. The Balaban J connectivity index is 1.44. The number of aromatic amines is 1. The van der Waals surface area contributed by atoms with Crippen molar-refractivity contribution < 1.29 is 0 Å². The van der Waals surface area contributed by atoms with Crippen molar-refractivity contribution in [3.8, 4) is 0 Å². The van der Waals surface area contributed by atoms with Gasteiger partial charge in [0.25, 0.3) is 0 Å². The van der Waals surface area contributed by atoms with Gasteiger partial charge in [-0.25, -0.2) is 9.97 Å². The van der Waals surface area contributed by atoms with Crippen LogP contribution in [0.3, 0.4) is 0 Å². The highest BCUT2D eigenvalue weighted by atomic mass is 79.9. The molecule has 25 heavy (non-hydrogen) atoms. The van der Waals surface area contributed by atoms with E-state index < -0.39 is 0 Å². The molecule has 0 saturated carbocycles. The van der Waals surface area contributed by atoms with Crippen LogP contribution in [0.4, 0.5) is 5.82 Å². The molecule has 4 aromatic rings. The largest absolute Gasteiger partial charge is 0.366 e. The molecule has 0 aliphatic rings. The molecule has 2 N–H and O–H groups in total. The van der Waals surface area contributed by atoms with Crippen molar-refractivity contribution in [2.75, 3.05) is 5.32 Å². The summed E-state index contributed by atoms with van der Waals surface area (Å²) >= 11 is 3.50. The maximum atomic E-state index is 4.52. The molecule has 0 atom stereocenters. The SMILES string of the molecule is Brc1cnccc1CNc1ccc(Cc2c[nH]c3ncccc23)cn1. The van der Waals surface area contributed by atoms with E-state index in [1.807, 2.05) is 30.6 Å². The molecule has 0 aromatic carbocycles. The number of aromatic nitrogens is 4. The molecule has 4 aromatic heterocycles. The van der Waals surface area contributed by atoms with E-state index in [-0.39, 0.29) is 0 Å². The summed E-state index contributed by atoms with van der Waals surface area (Å²) in [5.74, 6) is 0.855. The van der Waals surface area contributed by atoms with Crippen molar-refractivity contribution in [3.05, 3.63) is 82.5 Å². The topological polar surface area (TPSA) is 66.5 Å². The summed E-state index contributed by atoms with van der Waals surface area (Å²) in [6, 6.07) is 10.1. The monoisotopic (exact) mass is 393 g/mol. The Kier molecular flexibility index (Phi) is 4.43. The molecule has 0 amide bonds. The van der Waals surface area contributed by atoms with Crippen LogP contribution in [0.5, 0.6) is 0 Å². The van der Waals surface area contributed by atoms with Gasteiger partial charge < -0.3 is 10.3 Å². The Bertz CT molecular complexity index is 994. The van der Waals surface area contributed by atoms with E-state index in [4.69, 9.17) is 0 Å². The first kappa shape index (κ1) is 15.8. The number of nitrogens with zero attached hydrogens (tertiary/aromatic N) is 3. The Morgan fingerprint density at radius 1 is 1.00 bits per heavy atom. The summed E-state index contributed by atoms with van der Waals surface area (Å²) in [6.45, 7) is 0.698. The van der Waals surface area contributed by atoms with Gasteiger partial charge in [-0.3, -0.25) is 4.98 Å². The Morgan fingerprint density at radius 3 is 2.80 bits per heavy atom. The number of nitrogens with one attached hydrogen (secondary N) is 2. The third-order valence-corrected chi connectivity index (χ3v) is 4.79. The number of halogens is 1. The second-order valence-electron chi connectivity index (χ2n) is 5.76. The standard InChI is InChI=1S/C19H16BrN5/c20-17-12-21-7-5-14(17)10-24-18-4-3-13(9-23-18)8-15-11-25-19-16(15)2-1-6-22-19/h1-7,9,11-12H,8,10H2,(H,22,25)(H,23,24). The lowest BCUT2D eigenvalue weighted by Gasteiger charge is -2.08. The minimum Gasteiger partial charge on any atom is -0.366 e.